The lowest BCUT2D eigenvalue weighted by molar-refractivity contribution is 0.0250. The van der Waals surface area contributed by atoms with E-state index in [0.717, 1.165) is 46.4 Å². The Morgan fingerprint density at radius 3 is 2.79 bits per heavy atom. The minimum Gasteiger partial charge on any atom is -0.369 e. The van der Waals surface area contributed by atoms with Gasteiger partial charge in [0.2, 0.25) is 0 Å². The number of ether oxygens (including phenoxy) is 1. The van der Waals surface area contributed by atoms with Gasteiger partial charge in [0.25, 0.3) is 5.91 Å². The second-order valence-electron chi connectivity index (χ2n) is 8.25. The zero-order valence-electron chi connectivity index (χ0n) is 18.4. The first-order valence-corrected chi connectivity index (χ1v) is 12.0. The topological polar surface area (TPSA) is 79.0 Å². The number of carbonyl (C=O) groups excluding carboxylic acids is 1. The van der Waals surface area contributed by atoms with Crippen LogP contribution in [0.4, 0.5) is 0 Å². The number of morpholine rings is 1. The van der Waals surface area contributed by atoms with Gasteiger partial charge in [0.05, 0.1) is 22.3 Å². The fraction of sp³-hybridized carbons (Fsp3) is 0.231. The summed E-state index contributed by atoms with van der Waals surface area (Å²) in [5.74, 6) is -0.120. The monoisotopic (exact) mass is 494 g/mol. The maximum Gasteiger partial charge on any atom is 0.251 e. The Morgan fingerprint density at radius 2 is 2.03 bits per heavy atom. The number of carbonyl (C=O) groups is 1. The number of nitrogens with zero attached hydrogens (tertiary/aromatic N) is 1. The van der Waals surface area contributed by atoms with Crippen LogP contribution in [0.2, 0.25) is 10.0 Å². The van der Waals surface area contributed by atoms with Crippen molar-refractivity contribution < 1.29 is 9.53 Å². The summed E-state index contributed by atoms with van der Waals surface area (Å²) >= 11 is 12.0. The van der Waals surface area contributed by atoms with E-state index >= 15 is 0 Å². The number of hydrogen-bond donors (Lipinski definition) is 3. The van der Waals surface area contributed by atoms with Crippen LogP contribution < -0.4 is 10.6 Å². The van der Waals surface area contributed by atoms with Crippen molar-refractivity contribution in [1.82, 2.24) is 20.6 Å². The molecule has 34 heavy (non-hydrogen) atoms. The fourth-order valence-electron chi connectivity index (χ4n) is 4.13. The molecule has 3 N–H and O–H groups in total. The van der Waals surface area contributed by atoms with Crippen LogP contribution in [0.3, 0.4) is 0 Å². The van der Waals surface area contributed by atoms with Crippen molar-refractivity contribution >= 4 is 40.0 Å². The third kappa shape index (κ3) is 4.95. The Hall–Kier alpha value is -2.90. The molecule has 0 saturated carbocycles. The van der Waals surface area contributed by atoms with Gasteiger partial charge < -0.3 is 20.4 Å². The average molecular weight is 495 g/mol. The van der Waals surface area contributed by atoms with E-state index in [2.05, 4.69) is 26.7 Å². The normalized spacial score (nSPS) is 16.0. The van der Waals surface area contributed by atoms with Crippen LogP contribution in [0.5, 0.6) is 0 Å². The van der Waals surface area contributed by atoms with Crippen LogP contribution in [0.25, 0.3) is 22.0 Å². The van der Waals surface area contributed by atoms with Crippen LogP contribution in [0.1, 0.15) is 27.7 Å². The fourth-order valence-corrected chi connectivity index (χ4v) is 4.46. The number of halogens is 2. The van der Waals surface area contributed by atoms with Gasteiger partial charge in [-0.15, -0.1) is 0 Å². The maximum absolute atomic E-state index is 12.7. The molecule has 1 aliphatic rings. The summed E-state index contributed by atoms with van der Waals surface area (Å²) in [5.41, 5.74) is 5.50. The first kappa shape index (κ1) is 22.9. The van der Waals surface area contributed by atoms with Gasteiger partial charge in [-0.3, -0.25) is 9.78 Å². The highest BCUT2D eigenvalue weighted by atomic mass is 35.5. The SMILES string of the molecule is O=C(NCCc1ccc(Cl)c(Cl)c1)c1ccc2c(-c3ccc(C4CNCCO4)nc3)c[nH]c2c1. The number of aromatic amines is 1. The molecule has 1 saturated heterocycles. The molecule has 6 nitrogen and oxygen atoms in total. The zero-order valence-corrected chi connectivity index (χ0v) is 19.9. The maximum atomic E-state index is 12.7. The smallest absolute Gasteiger partial charge is 0.251 e. The highest BCUT2D eigenvalue weighted by molar-refractivity contribution is 6.42. The number of pyridine rings is 1. The van der Waals surface area contributed by atoms with Crippen molar-refractivity contribution in [2.75, 3.05) is 26.2 Å². The second kappa shape index (κ2) is 10.2. The molecule has 174 valence electrons. The van der Waals surface area contributed by atoms with Gasteiger partial charge in [-0.05, 0) is 42.3 Å². The second-order valence-corrected chi connectivity index (χ2v) is 9.07. The molecule has 1 atom stereocenters. The van der Waals surface area contributed by atoms with Crippen LogP contribution in [0.15, 0.2) is 60.9 Å². The van der Waals surface area contributed by atoms with Crippen molar-refractivity contribution in [2.24, 2.45) is 0 Å². The van der Waals surface area contributed by atoms with E-state index < -0.39 is 0 Å². The Morgan fingerprint density at radius 1 is 1.12 bits per heavy atom. The Labute approximate surface area is 207 Å². The minimum atomic E-state index is -0.120. The average Bonchev–Trinajstić information content (AvgIpc) is 3.30. The quantitative estimate of drug-likeness (QED) is 0.345. The molecule has 0 bridgehead atoms. The van der Waals surface area contributed by atoms with Crippen molar-refractivity contribution in [3.8, 4) is 11.1 Å². The molecule has 8 heteroatoms. The van der Waals surface area contributed by atoms with Gasteiger partial charge in [-0.1, -0.05) is 41.4 Å². The van der Waals surface area contributed by atoms with Crippen molar-refractivity contribution in [1.29, 1.82) is 0 Å². The van der Waals surface area contributed by atoms with Gasteiger partial charge in [0.15, 0.2) is 0 Å². The number of aromatic nitrogens is 2. The molecular formula is C26H24Cl2N4O2. The predicted octanol–water partition coefficient (Wildman–Crippen LogP) is 5.17. The summed E-state index contributed by atoms with van der Waals surface area (Å²) in [5, 5.41) is 8.37. The molecule has 1 amide bonds. The molecule has 0 aliphatic carbocycles. The van der Waals surface area contributed by atoms with E-state index in [1.807, 2.05) is 48.8 Å². The molecule has 1 aliphatic heterocycles. The number of benzene rings is 2. The highest BCUT2D eigenvalue weighted by Crippen LogP contribution is 2.30. The lowest BCUT2D eigenvalue weighted by atomic mass is 10.0. The summed E-state index contributed by atoms with van der Waals surface area (Å²) in [6, 6.07) is 15.3. The van der Waals surface area contributed by atoms with Crippen molar-refractivity contribution in [3.63, 3.8) is 0 Å². The van der Waals surface area contributed by atoms with Gasteiger partial charge in [-0.2, -0.15) is 0 Å². The molecule has 1 fully saturated rings. The first-order chi connectivity index (χ1) is 16.6. The summed E-state index contributed by atoms with van der Waals surface area (Å²) in [7, 11) is 0. The number of nitrogens with one attached hydrogen (secondary N) is 3. The number of H-pyrrole nitrogens is 1. The highest BCUT2D eigenvalue weighted by Gasteiger charge is 2.17. The number of amides is 1. The predicted molar refractivity (Wildman–Crippen MR) is 136 cm³/mol. The third-order valence-electron chi connectivity index (χ3n) is 5.98. The Bertz CT molecular complexity index is 1310. The van der Waals surface area contributed by atoms with Gasteiger partial charge >= 0.3 is 0 Å². The molecule has 3 heterocycles. The van der Waals surface area contributed by atoms with Gasteiger partial charge in [-0.25, -0.2) is 0 Å². The third-order valence-corrected chi connectivity index (χ3v) is 6.72. The lowest BCUT2D eigenvalue weighted by Crippen LogP contribution is -2.33. The minimum absolute atomic E-state index is 0.0106. The summed E-state index contributed by atoms with van der Waals surface area (Å²) in [4.78, 5) is 20.6. The van der Waals surface area contributed by atoms with E-state index in [4.69, 9.17) is 27.9 Å². The summed E-state index contributed by atoms with van der Waals surface area (Å²) in [6.45, 7) is 2.85. The standard InChI is InChI=1S/C26H24Cl2N4O2/c27-21-5-1-16(11-22(21)28)7-8-30-26(33)17-2-4-19-20(14-32-24(19)12-17)18-3-6-23(31-13-18)25-15-29-9-10-34-25/h1-6,11-14,25,29,32H,7-10,15H2,(H,30,33). The molecule has 4 aromatic rings. The molecule has 2 aromatic heterocycles. The molecule has 0 spiro atoms. The van der Waals surface area contributed by atoms with Crippen LogP contribution in [-0.4, -0.2) is 42.1 Å². The molecule has 2 aromatic carbocycles. The van der Waals surface area contributed by atoms with Crippen LogP contribution >= 0.6 is 23.2 Å². The molecule has 5 rings (SSSR count). The van der Waals surface area contributed by atoms with E-state index in [0.29, 0.717) is 35.2 Å². The van der Waals surface area contributed by atoms with Crippen molar-refractivity contribution in [2.45, 2.75) is 12.5 Å². The van der Waals surface area contributed by atoms with Gasteiger partial charge in [0.1, 0.15) is 6.10 Å². The first-order valence-electron chi connectivity index (χ1n) is 11.2. The van der Waals surface area contributed by atoms with E-state index in [9.17, 15) is 4.79 Å². The lowest BCUT2D eigenvalue weighted by Gasteiger charge is -2.23. The number of hydrogen-bond acceptors (Lipinski definition) is 4. The molecule has 0 radical (unpaired) electrons. The summed E-state index contributed by atoms with van der Waals surface area (Å²) < 4.78 is 5.78. The zero-order chi connectivity index (χ0) is 23.5. The number of fused-ring (bicyclic) bond motifs is 1. The van der Waals surface area contributed by atoms with Crippen LogP contribution in [0, 0.1) is 0 Å². The van der Waals surface area contributed by atoms with Crippen molar-refractivity contribution in [3.05, 3.63) is 87.8 Å². The largest absolute Gasteiger partial charge is 0.369 e. The Balaban J connectivity index is 1.25. The van der Waals surface area contributed by atoms with E-state index in [-0.39, 0.29) is 12.0 Å². The molecule has 1 unspecified atom stereocenters. The van der Waals surface area contributed by atoms with E-state index in [1.54, 1.807) is 6.07 Å². The Kier molecular flexibility index (Phi) is 6.83. The summed E-state index contributed by atoms with van der Waals surface area (Å²) in [6.07, 6.45) is 4.48. The number of rotatable bonds is 6. The van der Waals surface area contributed by atoms with E-state index in [1.165, 1.54) is 0 Å². The van der Waals surface area contributed by atoms with Gasteiger partial charge in [0, 0.05) is 59.6 Å². The van der Waals surface area contributed by atoms with Crippen LogP contribution in [-0.2, 0) is 11.2 Å². The molecular weight excluding hydrogens is 471 g/mol.